The third-order valence-corrected chi connectivity index (χ3v) is 3.54. The molecule has 0 unspecified atom stereocenters. The number of rotatable bonds is 2. The van der Waals surface area contributed by atoms with Gasteiger partial charge in [0.25, 0.3) is 0 Å². The Balaban J connectivity index is 2.04. The summed E-state index contributed by atoms with van der Waals surface area (Å²) in [5.74, 6) is 0. The second-order valence-corrected chi connectivity index (χ2v) is 4.77. The molecule has 0 spiro atoms. The predicted molar refractivity (Wildman–Crippen MR) is 61.0 cm³/mol. The van der Waals surface area contributed by atoms with Gasteiger partial charge in [-0.1, -0.05) is 0 Å². The molecule has 1 aromatic heterocycles. The maximum absolute atomic E-state index is 7.49. The van der Waals surface area contributed by atoms with Crippen molar-refractivity contribution in [2.45, 2.75) is 18.9 Å². The van der Waals surface area contributed by atoms with Crippen molar-refractivity contribution in [1.29, 1.82) is 0 Å². The van der Waals surface area contributed by atoms with Crippen LogP contribution < -0.4 is 4.90 Å². The number of nitrogens with zero attached hydrogens (tertiary/aromatic N) is 3. The summed E-state index contributed by atoms with van der Waals surface area (Å²) in [6.45, 7) is 2.12. The van der Waals surface area contributed by atoms with Gasteiger partial charge in [-0.2, -0.15) is 0 Å². The van der Waals surface area contributed by atoms with Crippen LogP contribution in [0.15, 0.2) is 11.6 Å². The van der Waals surface area contributed by atoms with E-state index in [4.69, 9.17) is 1.37 Å². The molecule has 0 aromatic carbocycles. The van der Waals surface area contributed by atoms with E-state index in [1.807, 2.05) is 0 Å². The maximum Gasteiger partial charge on any atom is 0.185 e. The lowest BCUT2D eigenvalue weighted by Gasteiger charge is -2.35. The molecule has 3 nitrogen and oxygen atoms in total. The number of anilines is 1. The lowest BCUT2D eigenvalue weighted by Crippen LogP contribution is -2.45. The number of likely N-dealkylation sites (N-methyl/N-ethyl adjacent to an activating group) is 1. The highest BCUT2D eigenvalue weighted by atomic mass is 32.1. The minimum Gasteiger partial charge on any atom is -0.347 e. The average molecular weight is 212 g/mol. The summed E-state index contributed by atoms with van der Waals surface area (Å²) >= 11 is 1.47. The summed E-state index contributed by atoms with van der Waals surface area (Å²) in [7, 11) is 4.26. The van der Waals surface area contributed by atoms with Crippen molar-refractivity contribution in [3.05, 3.63) is 11.6 Å². The first kappa shape index (κ1) is 8.68. The highest BCUT2D eigenvalue weighted by Crippen LogP contribution is 2.23. The molecule has 2 heterocycles. The van der Waals surface area contributed by atoms with Crippen LogP contribution in [-0.4, -0.2) is 43.1 Å². The van der Waals surface area contributed by atoms with Crippen molar-refractivity contribution in [3.63, 3.8) is 0 Å². The third-order valence-electron chi connectivity index (χ3n) is 2.78. The van der Waals surface area contributed by atoms with Crippen LogP contribution in [0.5, 0.6) is 0 Å². The van der Waals surface area contributed by atoms with Gasteiger partial charge in [0, 0.05) is 30.7 Å². The van der Waals surface area contributed by atoms with Crippen molar-refractivity contribution in [2.75, 3.05) is 32.1 Å². The number of piperidine rings is 1. The molecule has 0 saturated carbocycles. The second kappa shape index (κ2) is 4.28. The Morgan fingerprint density at radius 3 is 3.21 bits per heavy atom. The summed E-state index contributed by atoms with van der Waals surface area (Å²) in [6.07, 6.45) is 4.12. The number of hydrogen-bond acceptors (Lipinski definition) is 4. The van der Waals surface area contributed by atoms with Crippen LogP contribution in [0.4, 0.5) is 5.13 Å². The van der Waals surface area contributed by atoms with Gasteiger partial charge in [-0.15, -0.1) is 11.3 Å². The van der Waals surface area contributed by atoms with Crippen LogP contribution in [0.3, 0.4) is 0 Å². The van der Waals surface area contributed by atoms with E-state index in [-0.39, 0.29) is 0 Å². The molecule has 1 aliphatic heterocycles. The molecule has 1 aliphatic rings. The lowest BCUT2D eigenvalue weighted by molar-refractivity contribution is 0.258. The molecular formula is C10H17N3S. The van der Waals surface area contributed by atoms with Crippen LogP contribution >= 0.6 is 11.3 Å². The van der Waals surface area contributed by atoms with Crippen LogP contribution in [0, 0.1) is 0 Å². The summed E-state index contributed by atoms with van der Waals surface area (Å²) < 4.78 is 7.49. The quantitative estimate of drug-likeness (QED) is 0.743. The summed E-state index contributed by atoms with van der Waals surface area (Å²) in [6, 6.07) is 0.622. The van der Waals surface area contributed by atoms with Gasteiger partial charge in [0.05, 0.1) is 1.37 Å². The fourth-order valence-electron chi connectivity index (χ4n) is 1.88. The molecule has 4 heteroatoms. The zero-order chi connectivity index (χ0) is 10.8. The van der Waals surface area contributed by atoms with Gasteiger partial charge >= 0.3 is 0 Å². The summed E-state index contributed by atoms with van der Waals surface area (Å²) in [5.41, 5.74) is 0. The minimum absolute atomic E-state index is 0.553. The van der Waals surface area contributed by atoms with E-state index in [1.165, 1.54) is 24.2 Å². The SMILES string of the molecule is [2H]c1cnc(N2CCC[C@H](N(C)C)C2)s1. The zero-order valence-electron chi connectivity index (χ0n) is 9.73. The monoisotopic (exact) mass is 212 g/mol. The van der Waals surface area contributed by atoms with Crippen LogP contribution in [-0.2, 0) is 0 Å². The van der Waals surface area contributed by atoms with E-state index in [1.54, 1.807) is 6.20 Å². The average Bonchev–Trinajstić information content (AvgIpc) is 2.65. The Hall–Kier alpha value is -0.610. The first-order valence-corrected chi connectivity index (χ1v) is 5.82. The molecule has 1 saturated heterocycles. The molecule has 1 fully saturated rings. The zero-order valence-corrected chi connectivity index (χ0v) is 9.55. The Bertz CT molecular complexity index is 326. The Labute approximate surface area is 90.8 Å². The molecule has 14 heavy (non-hydrogen) atoms. The predicted octanol–water partition coefficient (Wildman–Crippen LogP) is 1.67. The van der Waals surface area contributed by atoms with E-state index in [0.29, 0.717) is 11.4 Å². The van der Waals surface area contributed by atoms with Gasteiger partial charge in [-0.05, 0) is 26.9 Å². The van der Waals surface area contributed by atoms with Crippen molar-refractivity contribution in [2.24, 2.45) is 0 Å². The Morgan fingerprint density at radius 2 is 2.57 bits per heavy atom. The van der Waals surface area contributed by atoms with Crippen LogP contribution in [0.1, 0.15) is 14.2 Å². The van der Waals surface area contributed by atoms with E-state index in [2.05, 4.69) is 28.9 Å². The maximum atomic E-state index is 7.49. The molecule has 0 N–H and O–H groups in total. The van der Waals surface area contributed by atoms with Crippen molar-refractivity contribution >= 4 is 16.5 Å². The Kier molecular flexibility index (Phi) is 2.65. The third kappa shape index (κ3) is 2.07. The molecule has 2 rings (SSSR count). The summed E-state index contributed by atoms with van der Waals surface area (Å²) in [4.78, 5) is 8.85. The highest BCUT2D eigenvalue weighted by Gasteiger charge is 2.22. The van der Waals surface area contributed by atoms with E-state index in [9.17, 15) is 0 Å². The highest BCUT2D eigenvalue weighted by molar-refractivity contribution is 7.13. The van der Waals surface area contributed by atoms with Gasteiger partial charge in [0.15, 0.2) is 5.13 Å². The first-order valence-electron chi connectivity index (χ1n) is 5.50. The summed E-state index contributed by atoms with van der Waals surface area (Å²) in [5, 5.41) is 1.56. The van der Waals surface area contributed by atoms with Crippen molar-refractivity contribution in [3.8, 4) is 0 Å². The van der Waals surface area contributed by atoms with Crippen molar-refractivity contribution < 1.29 is 1.37 Å². The topological polar surface area (TPSA) is 19.4 Å². The molecule has 0 radical (unpaired) electrons. The molecular weight excluding hydrogens is 194 g/mol. The molecule has 1 aromatic rings. The van der Waals surface area contributed by atoms with E-state index >= 15 is 0 Å². The molecule has 1 atom stereocenters. The first-order chi connectivity index (χ1) is 7.16. The van der Waals surface area contributed by atoms with Crippen LogP contribution in [0.25, 0.3) is 0 Å². The molecule has 0 aliphatic carbocycles. The number of aromatic nitrogens is 1. The normalized spacial score (nSPS) is 24.1. The molecule has 0 amide bonds. The fraction of sp³-hybridized carbons (Fsp3) is 0.700. The largest absolute Gasteiger partial charge is 0.347 e. The van der Waals surface area contributed by atoms with Gasteiger partial charge in [-0.25, -0.2) is 4.98 Å². The Morgan fingerprint density at radius 1 is 1.71 bits per heavy atom. The second-order valence-electron chi connectivity index (χ2n) is 3.97. The lowest BCUT2D eigenvalue weighted by atomic mass is 10.1. The number of thiazole rings is 1. The van der Waals surface area contributed by atoms with Crippen molar-refractivity contribution in [1.82, 2.24) is 9.88 Å². The van der Waals surface area contributed by atoms with E-state index in [0.717, 1.165) is 18.2 Å². The number of hydrogen-bond donors (Lipinski definition) is 0. The van der Waals surface area contributed by atoms with Gasteiger partial charge in [0.1, 0.15) is 0 Å². The fourth-order valence-corrected chi connectivity index (χ4v) is 2.49. The molecule has 0 bridgehead atoms. The smallest absolute Gasteiger partial charge is 0.185 e. The van der Waals surface area contributed by atoms with Gasteiger partial charge < -0.3 is 9.80 Å². The molecule has 78 valence electrons. The van der Waals surface area contributed by atoms with Gasteiger partial charge in [0.2, 0.25) is 0 Å². The van der Waals surface area contributed by atoms with Crippen LogP contribution in [0.2, 0.25) is 0 Å². The van der Waals surface area contributed by atoms with E-state index < -0.39 is 0 Å². The standard InChI is InChI=1S/C10H17N3S/c1-12(2)9-4-3-6-13(8-9)10-11-5-7-14-10/h5,7,9H,3-4,6,8H2,1-2H3/t9-/m0/s1/i7D. The van der Waals surface area contributed by atoms with Gasteiger partial charge in [-0.3, -0.25) is 0 Å². The minimum atomic E-state index is 0.553.